The third-order valence-electron chi connectivity index (χ3n) is 4.29. The molecule has 0 saturated heterocycles. The van der Waals surface area contributed by atoms with E-state index in [-0.39, 0.29) is 16.9 Å². The Morgan fingerprint density at radius 1 is 1.16 bits per heavy atom. The van der Waals surface area contributed by atoms with Crippen molar-refractivity contribution in [2.45, 2.75) is 13.1 Å². The van der Waals surface area contributed by atoms with Crippen molar-refractivity contribution >= 4 is 34.2 Å². The highest BCUT2D eigenvalue weighted by Gasteiger charge is 2.33. The van der Waals surface area contributed by atoms with E-state index < -0.39 is 16.8 Å². The van der Waals surface area contributed by atoms with Crippen LogP contribution in [0.1, 0.15) is 21.6 Å². The van der Waals surface area contributed by atoms with Crippen LogP contribution in [0.15, 0.2) is 48.5 Å². The van der Waals surface area contributed by atoms with Gasteiger partial charge in [0, 0.05) is 17.1 Å². The smallest absolute Gasteiger partial charge is 0.297 e. The van der Waals surface area contributed by atoms with Crippen molar-refractivity contribution in [2.24, 2.45) is 0 Å². The number of benzene rings is 2. The minimum Gasteiger partial charge on any atom is -0.297 e. The molecule has 2 aromatic heterocycles. The van der Waals surface area contributed by atoms with Gasteiger partial charge in [0.15, 0.2) is 11.5 Å². The van der Waals surface area contributed by atoms with Gasteiger partial charge in [0.25, 0.3) is 5.91 Å². The molecule has 12 heteroatoms. The maximum absolute atomic E-state index is 12.9. The molecule has 1 N–H and O–H groups in total. The Hall–Kier alpha value is -3.31. The number of rotatable bonds is 4. The van der Waals surface area contributed by atoms with Gasteiger partial charge in [-0.2, -0.15) is 22.5 Å². The number of nitrogens with one attached hydrogen (secondary N) is 1. The molecule has 0 unspecified atom stereocenters. The van der Waals surface area contributed by atoms with Crippen molar-refractivity contribution in [3.05, 3.63) is 70.4 Å². The lowest BCUT2D eigenvalue weighted by Crippen LogP contribution is -2.11. The zero-order chi connectivity index (χ0) is 22.2. The van der Waals surface area contributed by atoms with E-state index in [4.69, 9.17) is 11.6 Å². The summed E-state index contributed by atoms with van der Waals surface area (Å²) in [5, 5.41) is 10.5. The third-order valence-corrected chi connectivity index (χ3v) is 5.23. The molecule has 31 heavy (non-hydrogen) atoms. The lowest BCUT2D eigenvalue weighted by molar-refractivity contribution is -0.137. The lowest BCUT2D eigenvalue weighted by atomic mass is 10.2. The van der Waals surface area contributed by atoms with Crippen LogP contribution in [0.25, 0.3) is 17.2 Å². The first-order chi connectivity index (χ1) is 14.7. The average Bonchev–Trinajstić information content (AvgIpc) is 3.33. The SMILES string of the molecule is Cc1c(-c2nsc(NC(=O)c3ccccc3)n2)nnn1-c1ccc(C(F)(F)F)c(Cl)c1. The summed E-state index contributed by atoms with van der Waals surface area (Å²) < 4.78 is 44.3. The van der Waals surface area contributed by atoms with Crippen LogP contribution in [0.2, 0.25) is 5.02 Å². The zero-order valence-corrected chi connectivity index (χ0v) is 17.3. The predicted molar refractivity (Wildman–Crippen MR) is 109 cm³/mol. The summed E-state index contributed by atoms with van der Waals surface area (Å²) in [5.41, 5.74) is 0.667. The van der Waals surface area contributed by atoms with E-state index in [0.29, 0.717) is 22.6 Å². The molecule has 4 aromatic rings. The number of hydrogen-bond donors (Lipinski definition) is 1. The molecule has 1 amide bonds. The van der Waals surface area contributed by atoms with Crippen LogP contribution >= 0.6 is 23.1 Å². The first kappa shape index (κ1) is 20.9. The Kier molecular flexibility index (Phi) is 5.46. The van der Waals surface area contributed by atoms with Crippen LogP contribution in [0.3, 0.4) is 0 Å². The molecule has 4 rings (SSSR count). The Morgan fingerprint density at radius 2 is 1.90 bits per heavy atom. The monoisotopic (exact) mass is 464 g/mol. The number of hydrogen-bond acceptors (Lipinski definition) is 6. The van der Waals surface area contributed by atoms with Crippen molar-refractivity contribution in [3.63, 3.8) is 0 Å². The normalized spacial score (nSPS) is 11.5. The Balaban J connectivity index is 1.58. The van der Waals surface area contributed by atoms with E-state index in [1.165, 1.54) is 10.7 Å². The average molecular weight is 465 g/mol. The van der Waals surface area contributed by atoms with Gasteiger partial charge in [-0.1, -0.05) is 35.0 Å². The van der Waals surface area contributed by atoms with E-state index in [1.807, 2.05) is 0 Å². The molecule has 0 saturated carbocycles. The van der Waals surface area contributed by atoms with Gasteiger partial charge in [0.05, 0.1) is 22.0 Å². The van der Waals surface area contributed by atoms with Crippen LogP contribution < -0.4 is 5.32 Å². The van der Waals surface area contributed by atoms with Crippen molar-refractivity contribution in [1.82, 2.24) is 24.4 Å². The summed E-state index contributed by atoms with van der Waals surface area (Å²) >= 11 is 6.77. The molecule has 7 nitrogen and oxygen atoms in total. The fourth-order valence-electron chi connectivity index (χ4n) is 2.78. The van der Waals surface area contributed by atoms with Crippen molar-refractivity contribution in [1.29, 1.82) is 0 Å². The van der Waals surface area contributed by atoms with Crippen LogP contribution in [-0.4, -0.2) is 30.3 Å². The van der Waals surface area contributed by atoms with Gasteiger partial charge in [-0.05, 0) is 37.3 Å². The van der Waals surface area contributed by atoms with E-state index >= 15 is 0 Å². The van der Waals surface area contributed by atoms with Crippen molar-refractivity contribution in [3.8, 4) is 17.2 Å². The standard InChI is InChI=1S/C19H12ClF3N6OS/c1-10-15(16-24-18(31-27-16)25-17(30)11-5-3-2-4-6-11)26-28-29(10)12-7-8-13(14(20)9-12)19(21,22)23/h2-9H,1H3,(H,24,25,27,30). The van der Waals surface area contributed by atoms with Gasteiger partial charge in [0.2, 0.25) is 5.13 Å². The number of carbonyl (C=O) groups is 1. The largest absolute Gasteiger partial charge is 0.417 e. The highest BCUT2D eigenvalue weighted by Crippen LogP contribution is 2.36. The highest BCUT2D eigenvalue weighted by molar-refractivity contribution is 7.10. The molecule has 2 heterocycles. The first-order valence-electron chi connectivity index (χ1n) is 8.74. The van der Waals surface area contributed by atoms with Crippen LogP contribution in [0.5, 0.6) is 0 Å². The fraction of sp³-hybridized carbons (Fsp3) is 0.105. The molecule has 0 spiro atoms. The second-order valence-corrected chi connectivity index (χ2v) is 7.50. The van der Waals surface area contributed by atoms with Crippen molar-refractivity contribution < 1.29 is 18.0 Å². The van der Waals surface area contributed by atoms with Crippen LogP contribution in [0.4, 0.5) is 18.3 Å². The van der Waals surface area contributed by atoms with E-state index in [9.17, 15) is 18.0 Å². The molecule has 0 aliphatic carbocycles. The van der Waals surface area contributed by atoms with Gasteiger partial charge in [0.1, 0.15) is 0 Å². The topological polar surface area (TPSA) is 85.6 Å². The number of carbonyl (C=O) groups excluding carboxylic acids is 1. The number of amides is 1. The van der Waals surface area contributed by atoms with E-state index in [0.717, 1.165) is 23.7 Å². The molecular formula is C19H12ClF3N6OS. The van der Waals surface area contributed by atoms with Gasteiger partial charge < -0.3 is 0 Å². The summed E-state index contributed by atoms with van der Waals surface area (Å²) in [4.78, 5) is 16.5. The second-order valence-electron chi connectivity index (χ2n) is 6.34. The summed E-state index contributed by atoms with van der Waals surface area (Å²) in [7, 11) is 0. The summed E-state index contributed by atoms with van der Waals surface area (Å²) in [6.07, 6.45) is -4.55. The molecule has 0 fully saturated rings. The first-order valence-corrected chi connectivity index (χ1v) is 9.89. The van der Waals surface area contributed by atoms with Gasteiger partial charge in [-0.3, -0.25) is 10.1 Å². The van der Waals surface area contributed by atoms with Crippen LogP contribution in [-0.2, 0) is 6.18 Å². The minimum atomic E-state index is -4.55. The zero-order valence-electron chi connectivity index (χ0n) is 15.7. The molecule has 0 bridgehead atoms. The Bertz CT molecular complexity index is 1260. The Morgan fingerprint density at radius 3 is 2.58 bits per heavy atom. The van der Waals surface area contributed by atoms with E-state index in [2.05, 4.69) is 25.0 Å². The van der Waals surface area contributed by atoms with Gasteiger partial charge in [-0.25, -0.2) is 4.68 Å². The summed E-state index contributed by atoms with van der Waals surface area (Å²) in [6, 6.07) is 11.9. The molecular weight excluding hydrogens is 453 g/mol. The fourth-order valence-corrected chi connectivity index (χ4v) is 3.62. The third kappa shape index (κ3) is 4.28. The maximum atomic E-state index is 12.9. The number of alkyl halides is 3. The predicted octanol–water partition coefficient (Wildman–Crippen LogP) is 5.02. The van der Waals surface area contributed by atoms with Crippen molar-refractivity contribution in [2.75, 3.05) is 5.32 Å². The van der Waals surface area contributed by atoms with Crippen LogP contribution in [0, 0.1) is 6.92 Å². The van der Waals surface area contributed by atoms with Gasteiger partial charge in [-0.15, -0.1) is 5.10 Å². The molecule has 0 radical (unpaired) electrons. The quantitative estimate of drug-likeness (QED) is 0.458. The second kappa shape index (κ2) is 8.08. The summed E-state index contributed by atoms with van der Waals surface area (Å²) in [5.74, 6) is -0.0989. The van der Waals surface area contributed by atoms with Gasteiger partial charge >= 0.3 is 6.18 Å². The minimum absolute atomic E-state index is 0.232. The number of aromatic nitrogens is 5. The molecule has 0 atom stereocenters. The number of halogens is 4. The molecule has 0 aliphatic rings. The molecule has 2 aromatic carbocycles. The Labute approximate surface area is 182 Å². The number of anilines is 1. The lowest BCUT2D eigenvalue weighted by Gasteiger charge is -2.10. The summed E-state index contributed by atoms with van der Waals surface area (Å²) in [6.45, 7) is 1.67. The molecule has 0 aliphatic heterocycles. The number of nitrogens with zero attached hydrogens (tertiary/aromatic N) is 5. The maximum Gasteiger partial charge on any atom is 0.417 e. The molecule has 158 valence electrons. The highest BCUT2D eigenvalue weighted by atomic mass is 35.5. The van der Waals surface area contributed by atoms with E-state index in [1.54, 1.807) is 37.3 Å².